The molecule has 0 aliphatic carbocycles. The molecule has 272 valence electrons. The molecule has 52 heavy (non-hydrogen) atoms. The van der Waals surface area contributed by atoms with E-state index in [-0.39, 0.29) is 38.7 Å². The zero-order valence-corrected chi connectivity index (χ0v) is 32.6. The Morgan fingerprint density at radius 1 is 0.769 bits per heavy atom. The van der Waals surface area contributed by atoms with Crippen LogP contribution in [0, 0.1) is 0 Å². The summed E-state index contributed by atoms with van der Waals surface area (Å²) in [6, 6.07) is 14.6. The molecule has 0 aliphatic rings. The number of aromatic nitrogens is 6. The summed E-state index contributed by atoms with van der Waals surface area (Å²) in [6.45, 7) is 2.31. The van der Waals surface area contributed by atoms with Crippen molar-refractivity contribution in [3.05, 3.63) is 106 Å². The maximum Gasteiger partial charge on any atom is 0.287 e. The Kier molecular flexibility index (Phi) is 10.8. The van der Waals surface area contributed by atoms with Crippen molar-refractivity contribution in [1.82, 2.24) is 32.0 Å². The summed E-state index contributed by atoms with van der Waals surface area (Å²) in [4.78, 5) is 20.4. The molecule has 0 spiro atoms. The molecule has 8 rings (SSSR count). The fraction of sp³-hybridized carbons (Fsp3) is 0.156. The molecule has 0 radical (unpaired) electrons. The summed E-state index contributed by atoms with van der Waals surface area (Å²) < 4.78 is 58.8. The molecule has 20 heteroatoms. The highest BCUT2D eigenvalue weighted by molar-refractivity contribution is 7.90. The van der Waals surface area contributed by atoms with E-state index < -0.39 is 20.0 Å². The van der Waals surface area contributed by atoms with E-state index in [1.54, 1.807) is 59.8 Å². The quantitative estimate of drug-likeness (QED) is 0.176. The van der Waals surface area contributed by atoms with Crippen LogP contribution in [0.5, 0.6) is 0 Å². The van der Waals surface area contributed by atoms with Gasteiger partial charge in [-0.15, -0.1) is 35.1 Å². The van der Waals surface area contributed by atoms with Crippen molar-refractivity contribution in [3.8, 4) is 0 Å². The minimum absolute atomic E-state index is 0. The lowest BCUT2D eigenvalue weighted by atomic mass is 10.1. The maximum atomic E-state index is 13.4. The largest absolute Gasteiger partial charge is 0.356 e. The van der Waals surface area contributed by atoms with Crippen LogP contribution in [0.15, 0.2) is 94.1 Å². The number of carbonyl (C=O) groups excluding carboxylic acids is 1. The van der Waals surface area contributed by atoms with Gasteiger partial charge in [-0.25, -0.2) is 17.9 Å². The standard InChI is InChI=1S/C17H15ClN4O3S2.C15H13ClN4O2S2.ClH/c1-11(23)19-7-6-12-10-22(14-5-3-2-4-13(12)14)27(24,25)16-15(18)20-17-21(16)8-9-26-17;16-13-14(19-7-8-23-15(19)18-13)24(21,22)20-9-10(5-6-17)11-3-1-2-4-12(11)20;/h2-5,8-10H,6-7H2,1H3,(H,19,23);1-4,7-9H,5-6,17H2;1H. The van der Waals surface area contributed by atoms with E-state index in [0.717, 1.165) is 21.9 Å². The molecule has 8 aromatic rings. The topological polar surface area (TPSA) is 168 Å². The first-order valence-electron chi connectivity index (χ1n) is 15.3. The van der Waals surface area contributed by atoms with Gasteiger partial charge in [-0.2, -0.15) is 16.8 Å². The van der Waals surface area contributed by atoms with Crippen LogP contribution in [0.2, 0.25) is 10.3 Å². The number of nitrogens with one attached hydrogen (secondary N) is 1. The van der Waals surface area contributed by atoms with Gasteiger partial charge >= 0.3 is 0 Å². The number of amides is 1. The lowest BCUT2D eigenvalue weighted by molar-refractivity contribution is -0.118. The Balaban J connectivity index is 0.000000176. The monoisotopic (exact) mass is 838 g/mol. The van der Waals surface area contributed by atoms with E-state index in [0.29, 0.717) is 46.9 Å². The number of para-hydroxylation sites is 2. The van der Waals surface area contributed by atoms with Gasteiger partial charge in [0.05, 0.1) is 11.0 Å². The van der Waals surface area contributed by atoms with E-state index in [2.05, 4.69) is 15.3 Å². The highest BCUT2D eigenvalue weighted by atomic mass is 35.5. The maximum absolute atomic E-state index is 13.4. The van der Waals surface area contributed by atoms with Crippen molar-refractivity contribution < 1.29 is 21.6 Å². The third-order valence-corrected chi connectivity index (χ3v) is 13.7. The summed E-state index contributed by atoms with van der Waals surface area (Å²) in [5.41, 5.74) is 8.52. The van der Waals surface area contributed by atoms with Crippen molar-refractivity contribution in [2.45, 2.75) is 29.8 Å². The first-order chi connectivity index (χ1) is 24.4. The Morgan fingerprint density at radius 3 is 1.65 bits per heavy atom. The zero-order chi connectivity index (χ0) is 36.1. The number of benzene rings is 2. The molecule has 13 nitrogen and oxygen atoms in total. The van der Waals surface area contributed by atoms with E-state index in [9.17, 15) is 21.6 Å². The Morgan fingerprint density at radius 2 is 1.21 bits per heavy atom. The second-order valence-electron chi connectivity index (χ2n) is 11.2. The highest BCUT2D eigenvalue weighted by Gasteiger charge is 2.30. The van der Waals surface area contributed by atoms with Crippen LogP contribution in [0.25, 0.3) is 31.7 Å². The van der Waals surface area contributed by atoms with Gasteiger partial charge in [0.1, 0.15) is 0 Å². The second kappa shape index (κ2) is 14.8. The molecule has 1 amide bonds. The number of halogens is 3. The molecule has 0 fully saturated rings. The van der Waals surface area contributed by atoms with Crippen LogP contribution >= 0.6 is 58.3 Å². The lowest BCUT2D eigenvalue weighted by Gasteiger charge is -2.06. The third kappa shape index (κ3) is 6.60. The minimum atomic E-state index is -3.97. The first-order valence-corrected chi connectivity index (χ1v) is 20.7. The van der Waals surface area contributed by atoms with E-state index in [4.69, 9.17) is 28.9 Å². The number of nitrogens with two attached hydrogens (primary N) is 1. The van der Waals surface area contributed by atoms with Crippen molar-refractivity contribution in [1.29, 1.82) is 0 Å². The van der Waals surface area contributed by atoms with E-state index >= 15 is 0 Å². The van der Waals surface area contributed by atoms with Crippen molar-refractivity contribution in [2.75, 3.05) is 13.1 Å². The SMILES string of the molecule is CC(=O)NCCc1cn(S(=O)(=O)c2c(Cl)nc3sccn23)c2ccccc12.Cl.NCCc1cn(S(=O)(=O)c2c(Cl)nc3sccn23)c2ccccc12. The van der Waals surface area contributed by atoms with Gasteiger partial charge in [-0.05, 0) is 42.6 Å². The third-order valence-electron chi connectivity index (χ3n) is 8.07. The summed E-state index contributed by atoms with van der Waals surface area (Å²) in [5, 5.41) is 7.77. The van der Waals surface area contributed by atoms with Gasteiger partial charge < -0.3 is 11.1 Å². The fourth-order valence-corrected chi connectivity index (χ4v) is 11.5. The molecule has 0 saturated heterocycles. The fourth-order valence-electron chi connectivity index (χ4n) is 5.89. The van der Waals surface area contributed by atoms with Crippen LogP contribution in [0.1, 0.15) is 18.1 Å². The summed E-state index contributed by atoms with van der Waals surface area (Å²) in [5.74, 6) is -0.128. The zero-order valence-electron chi connectivity index (χ0n) is 27.0. The number of thiazole rings is 2. The molecule has 0 aliphatic heterocycles. The molecule has 0 saturated carbocycles. The molecule has 6 heterocycles. The molecular weight excluding hydrogens is 811 g/mol. The molecule has 6 aromatic heterocycles. The van der Waals surface area contributed by atoms with Gasteiger partial charge in [0.2, 0.25) is 16.0 Å². The van der Waals surface area contributed by atoms with Crippen LogP contribution in [-0.4, -0.2) is 62.5 Å². The van der Waals surface area contributed by atoms with Crippen molar-refractivity contribution in [3.63, 3.8) is 0 Å². The average Bonchev–Trinajstić information content (AvgIpc) is 3.93. The van der Waals surface area contributed by atoms with Crippen molar-refractivity contribution >= 4 is 116 Å². The van der Waals surface area contributed by atoms with Crippen LogP contribution < -0.4 is 11.1 Å². The molecule has 0 atom stereocenters. The number of nitrogens with zero attached hydrogens (tertiary/aromatic N) is 6. The van der Waals surface area contributed by atoms with Crippen LogP contribution in [0.4, 0.5) is 0 Å². The van der Waals surface area contributed by atoms with Gasteiger partial charge in [-0.3, -0.25) is 13.6 Å². The minimum Gasteiger partial charge on any atom is -0.356 e. The molecule has 2 aromatic carbocycles. The number of imidazole rings is 2. The van der Waals surface area contributed by atoms with Crippen LogP contribution in [0.3, 0.4) is 0 Å². The first kappa shape index (κ1) is 37.8. The predicted octanol–water partition coefficient (Wildman–Crippen LogP) is 6.08. The van der Waals surface area contributed by atoms with Crippen molar-refractivity contribution in [2.24, 2.45) is 5.73 Å². The second-order valence-corrected chi connectivity index (χ2v) is 17.2. The summed E-state index contributed by atoms with van der Waals surface area (Å²) in [6.07, 6.45) is 7.60. The predicted molar refractivity (Wildman–Crippen MR) is 208 cm³/mol. The molecule has 0 unspecified atom stereocenters. The van der Waals surface area contributed by atoms with Gasteiger partial charge in [0.25, 0.3) is 20.0 Å². The Labute approximate surface area is 321 Å². The van der Waals surface area contributed by atoms with Gasteiger partial charge in [0.15, 0.2) is 20.2 Å². The highest BCUT2D eigenvalue weighted by Crippen LogP contribution is 2.33. The Hall–Kier alpha value is -3.94. The van der Waals surface area contributed by atoms with E-state index in [1.807, 2.05) is 24.3 Å². The number of fused-ring (bicyclic) bond motifs is 4. The number of hydrogen-bond donors (Lipinski definition) is 2. The number of hydrogen-bond acceptors (Lipinski definition) is 10. The smallest absolute Gasteiger partial charge is 0.287 e. The number of rotatable bonds is 9. The molecular formula is C32H29Cl3N8O5S4. The van der Waals surface area contributed by atoms with E-state index in [1.165, 1.54) is 46.3 Å². The average molecular weight is 840 g/mol. The number of carbonyl (C=O) groups is 1. The van der Waals surface area contributed by atoms with Gasteiger partial charge in [0, 0.05) is 59.8 Å². The van der Waals surface area contributed by atoms with Gasteiger partial charge in [-0.1, -0.05) is 59.6 Å². The molecule has 3 N–H and O–H groups in total. The van der Waals surface area contributed by atoms with Crippen LogP contribution in [-0.2, 0) is 37.7 Å². The summed E-state index contributed by atoms with van der Waals surface area (Å²) in [7, 11) is -7.86. The molecule has 0 bridgehead atoms. The normalized spacial score (nSPS) is 12.0. The Bertz CT molecular complexity index is 2810. The lowest BCUT2D eigenvalue weighted by Crippen LogP contribution is -2.22. The summed E-state index contributed by atoms with van der Waals surface area (Å²) >= 11 is 14.9.